The summed E-state index contributed by atoms with van der Waals surface area (Å²) in [6.07, 6.45) is 3.48. The molecule has 0 aliphatic heterocycles. The van der Waals surface area contributed by atoms with Crippen molar-refractivity contribution in [1.82, 2.24) is 0 Å². The third-order valence-corrected chi connectivity index (χ3v) is 4.10. The summed E-state index contributed by atoms with van der Waals surface area (Å²) in [6.45, 7) is 4.48. The molecule has 0 bridgehead atoms. The van der Waals surface area contributed by atoms with Crippen molar-refractivity contribution in [3.8, 4) is 0 Å². The third kappa shape index (κ3) is 2.53. The molecule has 0 aliphatic carbocycles. The molecule has 0 fully saturated rings. The average Bonchev–Trinajstić information content (AvgIpc) is 2.81. The lowest BCUT2D eigenvalue weighted by Crippen LogP contribution is -1.96. The molecule has 0 saturated carbocycles. The summed E-state index contributed by atoms with van der Waals surface area (Å²) < 4.78 is 0. The molecular weight excluding hydrogens is 212 g/mol. The van der Waals surface area contributed by atoms with Crippen LogP contribution in [0.2, 0.25) is 0 Å². The molecule has 84 valence electrons. The van der Waals surface area contributed by atoms with Crippen molar-refractivity contribution < 1.29 is 0 Å². The zero-order chi connectivity index (χ0) is 11.4. The molecule has 1 heterocycles. The van der Waals surface area contributed by atoms with E-state index in [1.807, 2.05) is 11.3 Å². The molecule has 2 aromatic rings. The minimum atomic E-state index is 1.14. The smallest absolute Gasteiger partial charge is 0.00485 e. The molecule has 0 amide bonds. The Hall–Kier alpha value is -1.08. The van der Waals surface area contributed by atoms with Gasteiger partial charge in [-0.1, -0.05) is 31.2 Å². The Labute approximate surface area is 102 Å². The van der Waals surface area contributed by atoms with Crippen molar-refractivity contribution in [2.75, 3.05) is 0 Å². The second kappa shape index (κ2) is 5.31. The summed E-state index contributed by atoms with van der Waals surface area (Å²) in [4.78, 5) is 1.49. The summed E-state index contributed by atoms with van der Waals surface area (Å²) >= 11 is 1.86. The van der Waals surface area contributed by atoms with Gasteiger partial charge in [0, 0.05) is 4.88 Å². The highest BCUT2D eigenvalue weighted by molar-refractivity contribution is 7.09. The standard InChI is InChI=1S/C15H18S/c1-3-13-6-4-7-14(12(13)2)9-10-15-8-5-11-16-15/h4-8,11H,3,9-10H2,1-2H3. The first-order chi connectivity index (χ1) is 7.81. The minimum Gasteiger partial charge on any atom is -0.149 e. The first-order valence-electron chi connectivity index (χ1n) is 5.91. The van der Waals surface area contributed by atoms with E-state index in [9.17, 15) is 0 Å². The fraction of sp³-hybridized carbons (Fsp3) is 0.333. The molecule has 0 radical (unpaired) electrons. The lowest BCUT2D eigenvalue weighted by Gasteiger charge is -2.09. The fourth-order valence-electron chi connectivity index (χ4n) is 2.10. The zero-order valence-corrected chi connectivity index (χ0v) is 10.8. The number of rotatable bonds is 4. The van der Waals surface area contributed by atoms with Crippen molar-refractivity contribution in [2.45, 2.75) is 33.1 Å². The SMILES string of the molecule is CCc1cccc(CCc2cccs2)c1C. The molecule has 1 aromatic carbocycles. The Morgan fingerprint density at radius 2 is 1.81 bits per heavy atom. The summed E-state index contributed by atoms with van der Waals surface area (Å²) in [7, 11) is 0. The molecule has 0 unspecified atom stereocenters. The average molecular weight is 230 g/mol. The van der Waals surface area contributed by atoms with Gasteiger partial charge in [0.25, 0.3) is 0 Å². The van der Waals surface area contributed by atoms with E-state index < -0.39 is 0 Å². The number of thiophene rings is 1. The van der Waals surface area contributed by atoms with E-state index in [1.165, 1.54) is 34.4 Å². The summed E-state index contributed by atoms with van der Waals surface area (Å²) in [5, 5.41) is 2.16. The molecule has 0 saturated heterocycles. The van der Waals surface area contributed by atoms with Crippen LogP contribution >= 0.6 is 11.3 Å². The van der Waals surface area contributed by atoms with Crippen molar-refractivity contribution in [1.29, 1.82) is 0 Å². The van der Waals surface area contributed by atoms with Gasteiger partial charge in [0.05, 0.1) is 0 Å². The molecule has 0 N–H and O–H groups in total. The van der Waals surface area contributed by atoms with Gasteiger partial charge in [-0.2, -0.15) is 0 Å². The number of aryl methyl sites for hydroxylation is 3. The van der Waals surface area contributed by atoms with Gasteiger partial charge in [-0.25, -0.2) is 0 Å². The number of benzene rings is 1. The first-order valence-corrected chi connectivity index (χ1v) is 6.79. The number of hydrogen-bond acceptors (Lipinski definition) is 1. The Balaban J connectivity index is 2.09. The minimum absolute atomic E-state index is 1.14. The van der Waals surface area contributed by atoms with Crippen LogP contribution < -0.4 is 0 Å². The maximum absolute atomic E-state index is 2.27. The molecule has 0 atom stereocenters. The molecule has 1 heteroatoms. The van der Waals surface area contributed by atoms with Gasteiger partial charge in [0.1, 0.15) is 0 Å². The molecule has 16 heavy (non-hydrogen) atoms. The molecule has 0 spiro atoms. The Kier molecular flexibility index (Phi) is 3.79. The molecular formula is C15H18S. The quantitative estimate of drug-likeness (QED) is 0.730. The third-order valence-electron chi connectivity index (χ3n) is 3.16. The van der Waals surface area contributed by atoms with E-state index >= 15 is 0 Å². The predicted octanol–water partition coefficient (Wildman–Crippen LogP) is 4.40. The molecule has 1 aromatic heterocycles. The van der Waals surface area contributed by atoms with Gasteiger partial charge in [-0.3, -0.25) is 0 Å². The van der Waals surface area contributed by atoms with Crippen LogP contribution in [0, 0.1) is 6.92 Å². The van der Waals surface area contributed by atoms with Gasteiger partial charge in [-0.05, 0) is 54.3 Å². The van der Waals surface area contributed by atoms with Crippen molar-refractivity contribution >= 4 is 11.3 Å². The molecule has 2 rings (SSSR count). The van der Waals surface area contributed by atoms with Gasteiger partial charge >= 0.3 is 0 Å². The lowest BCUT2D eigenvalue weighted by atomic mass is 9.97. The van der Waals surface area contributed by atoms with Gasteiger partial charge in [0.15, 0.2) is 0 Å². The maximum atomic E-state index is 2.27. The van der Waals surface area contributed by atoms with Crippen molar-refractivity contribution in [3.63, 3.8) is 0 Å². The lowest BCUT2D eigenvalue weighted by molar-refractivity contribution is 0.954. The molecule has 0 aliphatic rings. The van der Waals surface area contributed by atoms with Crippen LogP contribution in [0.5, 0.6) is 0 Å². The van der Waals surface area contributed by atoms with E-state index in [4.69, 9.17) is 0 Å². The second-order valence-corrected chi connectivity index (χ2v) is 5.17. The van der Waals surface area contributed by atoms with Crippen LogP contribution in [0.15, 0.2) is 35.7 Å². The van der Waals surface area contributed by atoms with Crippen LogP contribution in [0.25, 0.3) is 0 Å². The van der Waals surface area contributed by atoms with Crippen molar-refractivity contribution in [2.24, 2.45) is 0 Å². The van der Waals surface area contributed by atoms with Crippen molar-refractivity contribution in [3.05, 3.63) is 57.3 Å². The Morgan fingerprint density at radius 3 is 2.50 bits per heavy atom. The summed E-state index contributed by atoms with van der Waals surface area (Å²) in [6, 6.07) is 11.1. The highest BCUT2D eigenvalue weighted by Crippen LogP contribution is 2.18. The van der Waals surface area contributed by atoms with Crippen LogP contribution in [0.4, 0.5) is 0 Å². The fourth-order valence-corrected chi connectivity index (χ4v) is 2.81. The monoisotopic (exact) mass is 230 g/mol. The largest absolute Gasteiger partial charge is 0.149 e. The number of hydrogen-bond donors (Lipinski definition) is 0. The summed E-state index contributed by atoms with van der Waals surface area (Å²) in [5.41, 5.74) is 4.48. The van der Waals surface area contributed by atoms with E-state index in [-0.39, 0.29) is 0 Å². The van der Waals surface area contributed by atoms with Crippen LogP contribution in [0.3, 0.4) is 0 Å². The predicted molar refractivity (Wildman–Crippen MR) is 72.3 cm³/mol. The van der Waals surface area contributed by atoms with Crippen LogP contribution in [-0.2, 0) is 19.3 Å². The van der Waals surface area contributed by atoms with E-state index in [2.05, 4.69) is 49.6 Å². The van der Waals surface area contributed by atoms with Gasteiger partial charge in [-0.15, -0.1) is 11.3 Å². The Morgan fingerprint density at radius 1 is 1.00 bits per heavy atom. The normalized spacial score (nSPS) is 10.6. The summed E-state index contributed by atoms with van der Waals surface area (Å²) in [5.74, 6) is 0. The first kappa shape index (κ1) is 11.4. The van der Waals surface area contributed by atoms with E-state index in [1.54, 1.807) is 0 Å². The van der Waals surface area contributed by atoms with Gasteiger partial charge < -0.3 is 0 Å². The molecule has 0 nitrogen and oxygen atoms in total. The second-order valence-electron chi connectivity index (χ2n) is 4.13. The van der Waals surface area contributed by atoms with Crippen LogP contribution in [0.1, 0.15) is 28.5 Å². The van der Waals surface area contributed by atoms with Crippen LogP contribution in [-0.4, -0.2) is 0 Å². The topological polar surface area (TPSA) is 0 Å². The Bertz CT molecular complexity index is 440. The highest BCUT2D eigenvalue weighted by Gasteiger charge is 2.03. The zero-order valence-electron chi connectivity index (χ0n) is 9.99. The maximum Gasteiger partial charge on any atom is 0.00485 e. The highest BCUT2D eigenvalue weighted by atomic mass is 32.1. The van der Waals surface area contributed by atoms with E-state index in [0.29, 0.717) is 0 Å². The van der Waals surface area contributed by atoms with E-state index in [0.717, 1.165) is 6.42 Å². The van der Waals surface area contributed by atoms with Gasteiger partial charge in [0.2, 0.25) is 0 Å².